The molecule has 0 saturated carbocycles. The highest BCUT2D eigenvalue weighted by Gasteiger charge is 2.24. The van der Waals surface area contributed by atoms with E-state index in [0.29, 0.717) is 16.6 Å². The van der Waals surface area contributed by atoms with E-state index in [9.17, 15) is 5.11 Å². The van der Waals surface area contributed by atoms with Crippen molar-refractivity contribution in [1.82, 2.24) is 5.32 Å². The number of benzene rings is 2. The van der Waals surface area contributed by atoms with Crippen LogP contribution < -0.4 is 5.32 Å². The van der Waals surface area contributed by atoms with Crippen molar-refractivity contribution in [3.63, 3.8) is 0 Å². The van der Waals surface area contributed by atoms with Crippen molar-refractivity contribution in [3.05, 3.63) is 67.2 Å². The average Bonchev–Trinajstić information content (AvgIpc) is 2.48. The minimum absolute atomic E-state index is 0. The Balaban J connectivity index is 0.00000242. The predicted molar refractivity (Wildman–Crippen MR) is 104 cm³/mol. The topological polar surface area (TPSA) is 32.3 Å². The number of aliphatic hydroxyl groups is 1. The zero-order valence-electron chi connectivity index (χ0n) is 11.9. The van der Waals surface area contributed by atoms with E-state index < -0.39 is 6.10 Å². The number of hydrogen-bond donors (Lipinski definition) is 2. The zero-order chi connectivity index (χ0) is 15.4. The standard InChI is InChI=1S/C16H16Cl2INO.ClH/c1-20-9-12(10-6-7-13(17)14(18)8-10)16(21)11-4-2-3-5-15(11)19;/h2-8,12,16,20-21H,9H2,1H3;1H/t12-,16+;/m1./s1. The summed E-state index contributed by atoms with van der Waals surface area (Å²) in [6.07, 6.45) is -0.609. The fraction of sp³-hybridized carbons (Fsp3) is 0.250. The van der Waals surface area contributed by atoms with Crippen LogP contribution in [0.5, 0.6) is 0 Å². The van der Waals surface area contributed by atoms with Crippen LogP contribution >= 0.6 is 58.2 Å². The van der Waals surface area contributed by atoms with Gasteiger partial charge in [0.2, 0.25) is 0 Å². The molecule has 22 heavy (non-hydrogen) atoms. The van der Waals surface area contributed by atoms with Gasteiger partial charge in [-0.1, -0.05) is 47.5 Å². The van der Waals surface area contributed by atoms with Gasteiger partial charge in [-0.3, -0.25) is 0 Å². The molecule has 0 heterocycles. The summed E-state index contributed by atoms with van der Waals surface area (Å²) in [4.78, 5) is 0. The van der Waals surface area contributed by atoms with E-state index in [1.807, 2.05) is 43.4 Å². The van der Waals surface area contributed by atoms with Crippen molar-refractivity contribution in [3.8, 4) is 0 Å². The van der Waals surface area contributed by atoms with E-state index >= 15 is 0 Å². The summed E-state index contributed by atoms with van der Waals surface area (Å²) in [5.41, 5.74) is 1.88. The van der Waals surface area contributed by atoms with Gasteiger partial charge in [-0.05, 0) is 59.0 Å². The first-order chi connectivity index (χ1) is 10.0. The Morgan fingerprint density at radius 3 is 2.41 bits per heavy atom. The maximum atomic E-state index is 10.8. The Labute approximate surface area is 160 Å². The largest absolute Gasteiger partial charge is 0.388 e. The van der Waals surface area contributed by atoms with Crippen LogP contribution in [-0.4, -0.2) is 18.7 Å². The van der Waals surface area contributed by atoms with Crippen molar-refractivity contribution < 1.29 is 5.11 Å². The number of nitrogens with one attached hydrogen (secondary N) is 1. The molecule has 0 aliphatic carbocycles. The highest BCUT2D eigenvalue weighted by atomic mass is 127. The molecule has 0 saturated heterocycles. The minimum atomic E-state index is -0.609. The van der Waals surface area contributed by atoms with E-state index in [2.05, 4.69) is 27.9 Å². The molecule has 0 unspecified atom stereocenters. The van der Waals surface area contributed by atoms with Gasteiger partial charge in [0.1, 0.15) is 0 Å². The summed E-state index contributed by atoms with van der Waals surface area (Å²) in [5, 5.41) is 14.9. The lowest BCUT2D eigenvalue weighted by Crippen LogP contribution is -2.23. The molecule has 0 aromatic heterocycles. The second-order valence-electron chi connectivity index (χ2n) is 4.80. The second kappa shape index (κ2) is 9.30. The maximum absolute atomic E-state index is 10.8. The van der Waals surface area contributed by atoms with Crippen LogP contribution in [0.2, 0.25) is 10.0 Å². The monoisotopic (exact) mass is 471 g/mol. The summed E-state index contributed by atoms with van der Waals surface area (Å²) in [6.45, 7) is 0.643. The smallest absolute Gasteiger partial charge is 0.0880 e. The normalized spacial score (nSPS) is 13.3. The number of hydrogen-bond acceptors (Lipinski definition) is 2. The molecular formula is C16H17Cl3INO. The molecular weight excluding hydrogens is 455 g/mol. The van der Waals surface area contributed by atoms with E-state index in [-0.39, 0.29) is 18.3 Å². The van der Waals surface area contributed by atoms with Gasteiger partial charge in [-0.2, -0.15) is 0 Å². The van der Waals surface area contributed by atoms with Crippen LogP contribution in [0.25, 0.3) is 0 Å². The van der Waals surface area contributed by atoms with Gasteiger partial charge in [-0.25, -0.2) is 0 Å². The highest BCUT2D eigenvalue weighted by Crippen LogP contribution is 2.35. The first-order valence-corrected chi connectivity index (χ1v) is 8.40. The fourth-order valence-corrected chi connectivity index (χ4v) is 3.32. The first kappa shape index (κ1) is 20.0. The van der Waals surface area contributed by atoms with Gasteiger partial charge in [0, 0.05) is 16.0 Å². The van der Waals surface area contributed by atoms with Crippen molar-refractivity contribution in [1.29, 1.82) is 0 Å². The van der Waals surface area contributed by atoms with E-state index in [0.717, 1.165) is 14.7 Å². The number of aliphatic hydroxyl groups excluding tert-OH is 1. The van der Waals surface area contributed by atoms with Gasteiger partial charge in [0.15, 0.2) is 0 Å². The summed E-state index contributed by atoms with van der Waals surface area (Å²) in [5.74, 6) is -0.0966. The van der Waals surface area contributed by atoms with Crippen LogP contribution in [0.4, 0.5) is 0 Å². The molecule has 0 fully saturated rings. The number of rotatable bonds is 5. The molecule has 0 aliphatic rings. The third-order valence-electron chi connectivity index (χ3n) is 3.40. The van der Waals surface area contributed by atoms with Crippen LogP contribution in [0.1, 0.15) is 23.1 Å². The van der Waals surface area contributed by atoms with Crippen molar-refractivity contribution in [2.24, 2.45) is 0 Å². The van der Waals surface area contributed by atoms with Gasteiger partial charge >= 0.3 is 0 Å². The molecule has 2 N–H and O–H groups in total. The predicted octanol–water partition coefficient (Wildman–Crippen LogP) is 5.06. The molecule has 0 aliphatic heterocycles. The minimum Gasteiger partial charge on any atom is -0.388 e. The van der Waals surface area contributed by atoms with Gasteiger partial charge in [0.25, 0.3) is 0 Å². The SMILES string of the molecule is CNC[C@H](c1ccc(Cl)c(Cl)c1)[C@@H](O)c1ccccc1I.Cl. The Bertz CT molecular complexity index is 624. The Kier molecular flexibility index (Phi) is 8.46. The van der Waals surface area contributed by atoms with Crippen LogP contribution in [0.15, 0.2) is 42.5 Å². The van der Waals surface area contributed by atoms with Gasteiger partial charge in [-0.15, -0.1) is 12.4 Å². The molecule has 2 nitrogen and oxygen atoms in total. The van der Waals surface area contributed by atoms with E-state index in [4.69, 9.17) is 23.2 Å². The quantitative estimate of drug-likeness (QED) is 0.597. The Morgan fingerprint density at radius 1 is 1.14 bits per heavy atom. The third kappa shape index (κ3) is 4.73. The lowest BCUT2D eigenvalue weighted by Gasteiger charge is -2.25. The third-order valence-corrected chi connectivity index (χ3v) is 5.12. The van der Waals surface area contributed by atoms with Gasteiger partial charge in [0.05, 0.1) is 16.1 Å². The lowest BCUT2D eigenvalue weighted by atomic mass is 9.89. The molecule has 0 spiro atoms. The second-order valence-corrected chi connectivity index (χ2v) is 6.78. The van der Waals surface area contributed by atoms with Crippen molar-refractivity contribution >= 4 is 58.2 Å². The Hall–Kier alpha value is -0.0400. The molecule has 0 radical (unpaired) electrons. The molecule has 2 aromatic rings. The van der Waals surface area contributed by atoms with Crippen LogP contribution in [-0.2, 0) is 0 Å². The molecule has 0 bridgehead atoms. The molecule has 6 heteroatoms. The van der Waals surface area contributed by atoms with Crippen LogP contribution in [0, 0.1) is 3.57 Å². The van der Waals surface area contributed by atoms with E-state index in [1.54, 1.807) is 6.07 Å². The zero-order valence-corrected chi connectivity index (χ0v) is 16.4. The fourth-order valence-electron chi connectivity index (χ4n) is 2.31. The molecule has 2 aromatic carbocycles. The average molecular weight is 473 g/mol. The number of likely N-dealkylation sites (N-methyl/N-ethyl adjacent to an activating group) is 1. The first-order valence-electron chi connectivity index (χ1n) is 6.56. The van der Waals surface area contributed by atoms with Crippen LogP contribution in [0.3, 0.4) is 0 Å². The number of halogens is 4. The van der Waals surface area contributed by atoms with Crippen molar-refractivity contribution in [2.45, 2.75) is 12.0 Å². The lowest BCUT2D eigenvalue weighted by molar-refractivity contribution is 0.143. The summed E-state index contributed by atoms with van der Waals surface area (Å²) >= 11 is 14.3. The van der Waals surface area contributed by atoms with E-state index in [1.165, 1.54) is 0 Å². The maximum Gasteiger partial charge on any atom is 0.0880 e. The highest BCUT2D eigenvalue weighted by molar-refractivity contribution is 14.1. The molecule has 2 atom stereocenters. The molecule has 0 amide bonds. The summed E-state index contributed by atoms with van der Waals surface area (Å²) in [7, 11) is 1.87. The summed E-state index contributed by atoms with van der Waals surface area (Å²) in [6, 6.07) is 13.3. The molecule has 2 rings (SSSR count). The summed E-state index contributed by atoms with van der Waals surface area (Å²) < 4.78 is 1.05. The Morgan fingerprint density at radius 2 is 1.82 bits per heavy atom. The van der Waals surface area contributed by atoms with Crippen molar-refractivity contribution in [2.75, 3.05) is 13.6 Å². The van der Waals surface area contributed by atoms with Gasteiger partial charge < -0.3 is 10.4 Å². The molecule has 120 valence electrons.